The van der Waals surface area contributed by atoms with Crippen molar-refractivity contribution in [1.82, 2.24) is 5.32 Å². The quantitative estimate of drug-likeness (QED) is 0.835. The fraction of sp³-hybridized carbons (Fsp3) is 0.462. The van der Waals surface area contributed by atoms with E-state index in [1.54, 1.807) is 6.07 Å². The van der Waals surface area contributed by atoms with Crippen LogP contribution in [0.4, 0.5) is 0 Å². The van der Waals surface area contributed by atoms with Crippen LogP contribution in [0.25, 0.3) is 0 Å². The number of carboxylic acid groups (broad SMARTS) is 1. The van der Waals surface area contributed by atoms with E-state index in [4.69, 9.17) is 4.74 Å². The number of benzene rings is 1. The van der Waals surface area contributed by atoms with E-state index >= 15 is 0 Å². The summed E-state index contributed by atoms with van der Waals surface area (Å²) in [6.45, 7) is 3.32. The Bertz CT molecular complexity index is 411. The third-order valence-electron chi connectivity index (χ3n) is 3.10. The number of ether oxygens (including phenoxy) is 1. The summed E-state index contributed by atoms with van der Waals surface area (Å²) in [5.41, 5.74) is -0.00375. The van der Waals surface area contributed by atoms with Gasteiger partial charge in [-0.3, -0.25) is 0 Å². The number of aryl methyl sites for hydroxylation is 1. The van der Waals surface area contributed by atoms with Gasteiger partial charge in [-0.15, -0.1) is 0 Å². The summed E-state index contributed by atoms with van der Waals surface area (Å²) in [6, 6.07) is 7.51. The second-order valence-corrected chi connectivity index (χ2v) is 4.47. The standard InChI is InChI=1S/C13H17NO3/c1-10-3-2-4-11(9-10)17-13(12(15)16)5-7-14-8-6-13/h2-4,9,14H,5-8H2,1H3,(H,15,16). The Hall–Kier alpha value is -1.55. The van der Waals surface area contributed by atoms with E-state index in [-0.39, 0.29) is 0 Å². The highest BCUT2D eigenvalue weighted by atomic mass is 16.5. The first-order valence-corrected chi connectivity index (χ1v) is 5.82. The summed E-state index contributed by atoms with van der Waals surface area (Å²) in [5.74, 6) is -0.241. The third-order valence-corrected chi connectivity index (χ3v) is 3.10. The van der Waals surface area contributed by atoms with E-state index in [9.17, 15) is 9.90 Å². The van der Waals surface area contributed by atoms with Gasteiger partial charge in [0.25, 0.3) is 0 Å². The molecule has 1 aromatic rings. The number of piperidine rings is 1. The van der Waals surface area contributed by atoms with Crippen molar-refractivity contribution in [2.75, 3.05) is 13.1 Å². The number of rotatable bonds is 3. The van der Waals surface area contributed by atoms with Crippen LogP contribution in [0.3, 0.4) is 0 Å². The topological polar surface area (TPSA) is 58.6 Å². The maximum atomic E-state index is 11.4. The lowest BCUT2D eigenvalue weighted by Crippen LogP contribution is -2.52. The molecule has 0 spiro atoms. The van der Waals surface area contributed by atoms with Crippen LogP contribution < -0.4 is 10.1 Å². The van der Waals surface area contributed by atoms with E-state index in [0.29, 0.717) is 31.7 Å². The number of carbonyl (C=O) groups is 1. The normalized spacial score (nSPS) is 18.6. The lowest BCUT2D eigenvalue weighted by molar-refractivity contribution is -0.157. The first-order valence-electron chi connectivity index (χ1n) is 5.82. The highest BCUT2D eigenvalue weighted by Gasteiger charge is 2.42. The number of hydrogen-bond acceptors (Lipinski definition) is 3. The molecule has 1 aliphatic heterocycles. The molecule has 0 aromatic heterocycles. The molecule has 0 aliphatic carbocycles. The molecule has 92 valence electrons. The predicted molar refractivity (Wildman–Crippen MR) is 64.3 cm³/mol. The molecule has 0 radical (unpaired) electrons. The zero-order chi connectivity index (χ0) is 12.3. The van der Waals surface area contributed by atoms with Gasteiger partial charge in [-0.25, -0.2) is 4.79 Å². The van der Waals surface area contributed by atoms with E-state index in [0.717, 1.165) is 5.56 Å². The SMILES string of the molecule is Cc1cccc(OC2(C(=O)O)CCNCC2)c1. The Kier molecular flexibility index (Phi) is 3.33. The third kappa shape index (κ3) is 2.58. The monoisotopic (exact) mass is 235 g/mol. The van der Waals surface area contributed by atoms with Crippen molar-refractivity contribution >= 4 is 5.97 Å². The lowest BCUT2D eigenvalue weighted by Gasteiger charge is -2.34. The molecule has 1 fully saturated rings. The van der Waals surface area contributed by atoms with Crippen molar-refractivity contribution in [2.24, 2.45) is 0 Å². The summed E-state index contributed by atoms with van der Waals surface area (Å²) in [6.07, 6.45) is 0.993. The van der Waals surface area contributed by atoms with Crippen LogP contribution >= 0.6 is 0 Å². The average molecular weight is 235 g/mol. The summed E-state index contributed by atoms with van der Waals surface area (Å²) < 4.78 is 5.75. The van der Waals surface area contributed by atoms with Gasteiger partial charge in [-0.1, -0.05) is 12.1 Å². The minimum absolute atomic E-state index is 0.496. The van der Waals surface area contributed by atoms with E-state index in [1.807, 2.05) is 25.1 Å². The molecule has 0 saturated carbocycles. The number of nitrogens with one attached hydrogen (secondary N) is 1. The fourth-order valence-corrected chi connectivity index (χ4v) is 2.09. The van der Waals surface area contributed by atoms with E-state index in [2.05, 4.69) is 5.32 Å². The minimum Gasteiger partial charge on any atom is -0.478 e. The fourth-order valence-electron chi connectivity index (χ4n) is 2.09. The van der Waals surface area contributed by atoms with Crippen LogP contribution in [0.15, 0.2) is 24.3 Å². The van der Waals surface area contributed by atoms with Gasteiger partial charge in [0.2, 0.25) is 5.60 Å². The van der Waals surface area contributed by atoms with Crippen LogP contribution in [0.5, 0.6) is 5.75 Å². The first-order chi connectivity index (χ1) is 8.12. The maximum Gasteiger partial charge on any atom is 0.348 e. The zero-order valence-electron chi connectivity index (χ0n) is 9.90. The Balaban J connectivity index is 2.20. The molecule has 0 atom stereocenters. The Morgan fingerprint density at radius 3 is 2.71 bits per heavy atom. The van der Waals surface area contributed by atoms with Crippen molar-refractivity contribution in [3.05, 3.63) is 29.8 Å². The van der Waals surface area contributed by atoms with Gasteiger partial charge in [0.1, 0.15) is 5.75 Å². The molecule has 0 bridgehead atoms. The van der Waals surface area contributed by atoms with Crippen molar-refractivity contribution in [3.8, 4) is 5.75 Å². The van der Waals surface area contributed by atoms with Crippen LogP contribution in [0.2, 0.25) is 0 Å². The van der Waals surface area contributed by atoms with Gasteiger partial charge in [-0.05, 0) is 37.7 Å². The van der Waals surface area contributed by atoms with Crippen LogP contribution in [-0.2, 0) is 4.79 Å². The van der Waals surface area contributed by atoms with Gasteiger partial charge in [-0.2, -0.15) is 0 Å². The van der Waals surface area contributed by atoms with Crippen LogP contribution in [0.1, 0.15) is 18.4 Å². The summed E-state index contributed by atoms with van der Waals surface area (Å²) in [4.78, 5) is 11.4. The van der Waals surface area contributed by atoms with Gasteiger partial charge in [0.15, 0.2) is 0 Å². The highest BCUT2D eigenvalue weighted by Crippen LogP contribution is 2.27. The molecule has 1 aliphatic rings. The molecule has 2 rings (SSSR count). The largest absolute Gasteiger partial charge is 0.478 e. The van der Waals surface area contributed by atoms with Crippen LogP contribution in [0, 0.1) is 6.92 Å². The second-order valence-electron chi connectivity index (χ2n) is 4.47. The van der Waals surface area contributed by atoms with Crippen molar-refractivity contribution in [2.45, 2.75) is 25.4 Å². The maximum absolute atomic E-state index is 11.4. The Labute approximate surface area is 101 Å². The number of aliphatic carboxylic acids is 1. The van der Waals surface area contributed by atoms with E-state index in [1.165, 1.54) is 0 Å². The Morgan fingerprint density at radius 2 is 2.12 bits per heavy atom. The second kappa shape index (κ2) is 4.75. The zero-order valence-corrected chi connectivity index (χ0v) is 9.90. The van der Waals surface area contributed by atoms with Crippen LogP contribution in [-0.4, -0.2) is 29.8 Å². The molecule has 17 heavy (non-hydrogen) atoms. The smallest absolute Gasteiger partial charge is 0.348 e. The first kappa shape index (κ1) is 11.9. The van der Waals surface area contributed by atoms with E-state index < -0.39 is 11.6 Å². The number of carboxylic acids is 1. The molecule has 1 heterocycles. The van der Waals surface area contributed by atoms with Crippen molar-refractivity contribution in [3.63, 3.8) is 0 Å². The Morgan fingerprint density at radius 1 is 1.41 bits per heavy atom. The minimum atomic E-state index is -1.07. The highest BCUT2D eigenvalue weighted by molar-refractivity contribution is 5.78. The molecular formula is C13H17NO3. The molecule has 4 nitrogen and oxygen atoms in total. The summed E-state index contributed by atoms with van der Waals surface area (Å²) in [7, 11) is 0. The molecule has 2 N–H and O–H groups in total. The van der Waals surface area contributed by atoms with Gasteiger partial charge < -0.3 is 15.2 Å². The lowest BCUT2D eigenvalue weighted by atomic mass is 9.92. The molecule has 4 heteroatoms. The summed E-state index contributed by atoms with van der Waals surface area (Å²) in [5, 5.41) is 12.5. The average Bonchev–Trinajstić information content (AvgIpc) is 2.30. The molecule has 0 unspecified atom stereocenters. The van der Waals surface area contributed by atoms with Gasteiger partial charge in [0.05, 0.1) is 0 Å². The number of hydrogen-bond donors (Lipinski definition) is 2. The van der Waals surface area contributed by atoms with Gasteiger partial charge in [0, 0.05) is 12.8 Å². The molecule has 1 aromatic carbocycles. The molecule has 0 amide bonds. The summed E-state index contributed by atoms with van der Waals surface area (Å²) >= 11 is 0. The van der Waals surface area contributed by atoms with Crippen molar-refractivity contribution < 1.29 is 14.6 Å². The molecule has 1 saturated heterocycles. The molecular weight excluding hydrogens is 218 g/mol. The van der Waals surface area contributed by atoms with Crippen molar-refractivity contribution in [1.29, 1.82) is 0 Å². The van der Waals surface area contributed by atoms with Gasteiger partial charge >= 0.3 is 5.97 Å². The predicted octanol–water partition coefficient (Wildman–Crippen LogP) is 1.58.